The first kappa shape index (κ1) is 11.5. The highest BCUT2D eigenvalue weighted by Crippen LogP contribution is 2.18. The van der Waals surface area contributed by atoms with Gasteiger partial charge in [-0.15, -0.1) is 22.9 Å². The lowest BCUT2D eigenvalue weighted by molar-refractivity contribution is 0.0807. The van der Waals surface area contributed by atoms with Crippen LogP contribution in [0.2, 0.25) is 0 Å². The Bertz CT molecular complexity index is 338. The molecule has 0 N–H and O–H groups in total. The molecule has 0 spiro atoms. The number of halogens is 1. The van der Waals surface area contributed by atoms with Gasteiger partial charge in [-0.1, -0.05) is 0 Å². The van der Waals surface area contributed by atoms with Crippen LogP contribution in [0, 0.1) is 13.8 Å². The molecule has 0 atom stereocenters. The van der Waals surface area contributed by atoms with Gasteiger partial charge in [0.25, 0.3) is 5.91 Å². The Hall–Kier alpha value is -0.610. The normalized spacial score (nSPS) is 10.3. The molecule has 1 amide bonds. The Morgan fingerprint density at radius 2 is 2.21 bits per heavy atom. The smallest absolute Gasteiger partial charge is 0.265 e. The van der Waals surface area contributed by atoms with E-state index in [1.54, 1.807) is 11.9 Å². The summed E-state index contributed by atoms with van der Waals surface area (Å²) in [5.41, 5.74) is 0.805. The minimum absolute atomic E-state index is 0.00810. The van der Waals surface area contributed by atoms with Crippen LogP contribution in [-0.4, -0.2) is 35.3 Å². The van der Waals surface area contributed by atoms with E-state index in [1.807, 2.05) is 13.8 Å². The van der Waals surface area contributed by atoms with Gasteiger partial charge >= 0.3 is 0 Å². The quantitative estimate of drug-likeness (QED) is 0.748. The minimum atomic E-state index is 0.00810. The van der Waals surface area contributed by atoms with E-state index < -0.39 is 0 Å². The summed E-state index contributed by atoms with van der Waals surface area (Å²) in [5, 5.41) is 0.921. The van der Waals surface area contributed by atoms with E-state index in [9.17, 15) is 4.79 Å². The molecule has 0 saturated carbocycles. The average molecular weight is 233 g/mol. The molecule has 3 nitrogen and oxygen atoms in total. The number of carbonyl (C=O) groups is 1. The van der Waals surface area contributed by atoms with Gasteiger partial charge in [0, 0.05) is 19.5 Å². The molecule has 1 rings (SSSR count). The van der Waals surface area contributed by atoms with Crippen molar-refractivity contribution in [3.8, 4) is 0 Å². The fraction of sp³-hybridized carbons (Fsp3) is 0.556. The second-order valence-corrected chi connectivity index (χ2v) is 4.64. The molecule has 1 heterocycles. The van der Waals surface area contributed by atoms with Crippen molar-refractivity contribution in [3.05, 3.63) is 15.6 Å². The molecule has 0 radical (unpaired) electrons. The predicted molar refractivity (Wildman–Crippen MR) is 59.3 cm³/mol. The Balaban J connectivity index is 2.83. The second-order valence-electron chi connectivity index (χ2n) is 3.06. The molecule has 0 fully saturated rings. The lowest BCUT2D eigenvalue weighted by atomic mass is 10.3. The molecule has 78 valence electrons. The predicted octanol–water partition coefficient (Wildman–Crippen LogP) is 2.07. The summed E-state index contributed by atoms with van der Waals surface area (Å²) in [6.45, 7) is 4.32. The van der Waals surface area contributed by atoms with E-state index in [0.717, 1.165) is 15.6 Å². The van der Waals surface area contributed by atoms with E-state index in [2.05, 4.69) is 4.98 Å². The lowest BCUT2D eigenvalue weighted by Crippen LogP contribution is -2.28. The Labute approximate surface area is 92.7 Å². The fourth-order valence-electron chi connectivity index (χ4n) is 1.13. The fourth-order valence-corrected chi connectivity index (χ4v) is 2.30. The van der Waals surface area contributed by atoms with Gasteiger partial charge in [0.05, 0.1) is 10.7 Å². The summed E-state index contributed by atoms with van der Waals surface area (Å²) >= 11 is 7.00. The zero-order valence-corrected chi connectivity index (χ0v) is 10.1. The first-order valence-electron chi connectivity index (χ1n) is 4.31. The Morgan fingerprint density at radius 1 is 1.57 bits per heavy atom. The number of hydrogen-bond acceptors (Lipinski definition) is 3. The number of hydrogen-bond donors (Lipinski definition) is 0. The molecule has 0 aliphatic rings. The monoisotopic (exact) mass is 232 g/mol. The van der Waals surface area contributed by atoms with Crippen LogP contribution in [-0.2, 0) is 0 Å². The maximum Gasteiger partial charge on any atom is 0.265 e. The van der Waals surface area contributed by atoms with E-state index in [4.69, 9.17) is 11.6 Å². The van der Waals surface area contributed by atoms with Crippen LogP contribution in [0.25, 0.3) is 0 Å². The number of amides is 1. The molecule has 1 aromatic rings. The van der Waals surface area contributed by atoms with Gasteiger partial charge in [-0.2, -0.15) is 0 Å². The maximum absolute atomic E-state index is 11.8. The summed E-state index contributed by atoms with van der Waals surface area (Å²) in [7, 11) is 1.75. The van der Waals surface area contributed by atoms with Crippen LogP contribution in [0.5, 0.6) is 0 Å². The highest BCUT2D eigenvalue weighted by atomic mass is 35.5. The number of carbonyl (C=O) groups excluding carboxylic acids is 1. The molecule has 0 unspecified atom stereocenters. The van der Waals surface area contributed by atoms with Crippen molar-refractivity contribution < 1.29 is 4.79 Å². The molecule has 0 aromatic carbocycles. The highest BCUT2D eigenvalue weighted by Gasteiger charge is 2.16. The average Bonchev–Trinajstić information content (AvgIpc) is 2.44. The molecule has 0 bridgehead atoms. The largest absolute Gasteiger partial charge is 0.340 e. The van der Waals surface area contributed by atoms with Crippen molar-refractivity contribution in [1.29, 1.82) is 0 Å². The third-order valence-corrected chi connectivity index (χ3v) is 3.09. The Kier molecular flexibility index (Phi) is 3.89. The molecule has 0 aliphatic carbocycles. The minimum Gasteiger partial charge on any atom is -0.340 e. The number of alkyl halides is 1. The van der Waals surface area contributed by atoms with Crippen molar-refractivity contribution in [2.45, 2.75) is 13.8 Å². The van der Waals surface area contributed by atoms with Crippen LogP contribution in [0.3, 0.4) is 0 Å². The van der Waals surface area contributed by atoms with E-state index in [1.165, 1.54) is 11.3 Å². The van der Waals surface area contributed by atoms with Gasteiger partial charge in [0.15, 0.2) is 0 Å². The van der Waals surface area contributed by atoms with E-state index >= 15 is 0 Å². The van der Waals surface area contributed by atoms with Crippen LogP contribution >= 0.6 is 22.9 Å². The standard InChI is InChI=1S/C9H13ClN2OS/c1-6-8(14-7(2)11-6)9(13)12(3)5-4-10/h4-5H2,1-3H3. The van der Waals surface area contributed by atoms with Gasteiger partial charge in [-0.3, -0.25) is 4.79 Å². The summed E-state index contributed by atoms with van der Waals surface area (Å²) < 4.78 is 0. The van der Waals surface area contributed by atoms with Gasteiger partial charge in [-0.25, -0.2) is 4.98 Å². The number of thiazole rings is 1. The molecule has 5 heteroatoms. The summed E-state index contributed by atoms with van der Waals surface area (Å²) in [6.07, 6.45) is 0. The molecule has 1 aromatic heterocycles. The van der Waals surface area contributed by atoms with Crippen molar-refractivity contribution >= 4 is 28.8 Å². The number of nitrogens with zero attached hydrogens (tertiary/aromatic N) is 2. The SMILES string of the molecule is Cc1nc(C)c(C(=O)N(C)CCCl)s1. The van der Waals surface area contributed by atoms with Crippen LogP contribution in [0.4, 0.5) is 0 Å². The topological polar surface area (TPSA) is 33.2 Å². The maximum atomic E-state index is 11.8. The zero-order chi connectivity index (χ0) is 10.7. The summed E-state index contributed by atoms with van der Waals surface area (Å²) in [5.74, 6) is 0.466. The lowest BCUT2D eigenvalue weighted by Gasteiger charge is -2.14. The molecular weight excluding hydrogens is 220 g/mol. The number of rotatable bonds is 3. The van der Waals surface area contributed by atoms with Gasteiger partial charge in [0.1, 0.15) is 4.88 Å². The molecule has 0 aliphatic heterocycles. The van der Waals surface area contributed by atoms with Crippen molar-refractivity contribution in [2.24, 2.45) is 0 Å². The second kappa shape index (κ2) is 4.75. The zero-order valence-electron chi connectivity index (χ0n) is 8.50. The van der Waals surface area contributed by atoms with Crippen LogP contribution < -0.4 is 0 Å². The van der Waals surface area contributed by atoms with Crippen molar-refractivity contribution in [1.82, 2.24) is 9.88 Å². The summed E-state index contributed by atoms with van der Waals surface area (Å²) in [4.78, 5) is 18.4. The highest BCUT2D eigenvalue weighted by molar-refractivity contribution is 7.13. The summed E-state index contributed by atoms with van der Waals surface area (Å²) in [6, 6.07) is 0. The van der Waals surface area contributed by atoms with Crippen LogP contribution in [0.15, 0.2) is 0 Å². The molecule has 0 saturated heterocycles. The molecule has 14 heavy (non-hydrogen) atoms. The number of aryl methyl sites for hydroxylation is 2. The van der Waals surface area contributed by atoms with Gasteiger partial charge in [-0.05, 0) is 13.8 Å². The van der Waals surface area contributed by atoms with Gasteiger partial charge in [0.2, 0.25) is 0 Å². The first-order valence-corrected chi connectivity index (χ1v) is 5.66. The van der Waals surface area contributed by atoms with Gasteiger partial charge < -0.3 is 4.90 Å². The van der Waals surface area contributed by atoms with Crippen molar-refractivity contribution in [2.75, 3.05) is 19.5 Å². The first-order chi connectivity index (χ1) is 6.56. The number of aromatic nitrogens is 1. The van der Waals surface area contributed by atoms with E-state index in [0.29, 0.717) is 12.4 Å². The van der Waals surface area contributed by atoms with Crippen LogP contribution in [0.1, 0.15) is 20.4 Å². The van der Waals surface area contributed by atoms with E-state index in [-0.39, 0.29) is 5.91 Å². The third kappa shape index (κ3) is 2.45. The Morgan fingerprint density at radius 3 is 2.64 bits per heavy atom. The third-order valence-electron chi connectivity index (χ3n) is 1.86. The van der Waals surface area contributed by atoms with Crippen molar-refractivity contribution in [3.63, 3.8) is 0 Å². The molecular formula is C9H13ClN2OS.